The van der Waals surface area contributed by atoms with Crippen LogP contribution in [0.15, 0.2) is 24.4 Å². The Morgan fingerprint density at radius 1 is 1.30 bits per heavy atom. The van der Waals surface area contributed by atoms with Gasteiger partial charge in [0.05, 0.1) is 33.0 Å². The third-order valence-electron chi connectivity index (χ3n) is 3.18. The van der Waals surface area contributed by atoms with Gasteiger partial charge in [0.25, 0.3) is 0 Å². The highest BCUT2D eigenvalue weighted by Gasteiger charge is 2.13. The lowest BCUT2D eigenvalue weighted by atomic mass is 10.1. The zero-order valence-electron chi connectivity index (χ0n) is 11.8. The molecule has 0 N–H and O–H groups in total. The van der Waals surface area contributed by atoms with Crippen LogP contribution in [0.2, 0.25) is 0 Å². The van der Waals surface area contributed by atoms with Crippen molar-refractivity contribution in [2.45, 2.75) is 0 Å². The van der Waals surface area contributed by atoms with Crippen LogP contribution >= 0.6 is 0 Å². The van der Waals surface area contributed by atoms with E-state index in [-0.39, 0.29) is 0 Å². The lowest BCUT2D eigenvalue weighted by Crippen LogP contribution is -2.32. The SMILES string of the molecule is COc1ccc(C(C#N)=CN2CCOCC2)c(OC)c1. The van der Waals surface area contributed by atoms with Crippen LogP contribution < -0.4 is 9.47 Å². The molecule has 0 unspecified atom stereocenters. The Morgan fingerprint density at radius 3 is 2.65 bits per heavy atom. The molecule has 0 aliphatic carbocycles. The molecule has 1 aromatic rings. The van der Waals surface area contributed by atoms with E-state index in [0.717, 1.165) is 18.7 Å². The van der Waals surface area contributed by atoms with Crippen LogP contribution in [0.25, 0.3) is 5.57 Å². The number of benzene rings is 1. The lowest BCUT2D eigenvalue weighted by molar-refractivity contribution is 0.0596. The summed E-state index contributed by atoms with van der Waals surface area (Å²) in [5.74, 6) is 1.33. The van der Waals surface area contributed by atoms with Gasteiger partial charge in [-0.1, -0.05) is 0 Å². The molecule has 20 heavy (non-hydrogen) atoms. The van der Waals surface area contributed by atoms with Crippen molar-refractivity contribution in [1.29, 1.82) is 5.26 Å². The predicted molar refractivity (Wildman–Crippen MR) is 75.5 cm³/mol. The molecule has 0 spiro atoms. The van der Waals surface area contributed by atoms with Crippen molar-refractivity contribution in [3.05, 3.63) is 30.0 Å². The molecule has 1 aliphatic rings. The smallest absolute Gasteiger partial charge is 0.131 e. The molecule has 0 amide bonds. The minimum absolute atomic E-state index is 0.575. The van der Waals surface area contributed by atoms with E-state index >= 15 is 0 Å². The van der Waals surface area contributed by atoms with Crippen LogP contribution in [0.1, 0.15) is 5.56 Å². The normalized spacial score (nSPS) is 15.7. The Balaban J connectivity index is 2.31. The summed E-state index contributed by atoms with van der Waals surface area (Å²) in [4.78, 5) is 2.09. The van der Waals surface area contributed by atoms with Crippen LogP contribution in [0.3, 0.4) is 0 Å². The number of hydrogen-bond donors (Lipinski definition) is 0. The molecule has 0 saturated carbocycles. The van der Waals surface area contributed by atoms with Gasteiger partial charge in [0.1, 0.15) is 17.6 Å². The maximum absolute atomic E-state index is 9.39. The monoisotopic (exact) mass is 274 g/mol. The fourth-order valence-corrected chi connectivity index (χ4v) is 2.07. The van der Waals surface area contributed by atoms with Gasteiger partial charge in [-0.3, -0.25) is 0 Å². The molecule has 0 bridgehead atoms. The first-order valence-electron chi connectivity index (χ1n) is 6.44. The Morgan fingerprint density at radius 2 is 2.05 bits per heavy atom. The van der Waals surface area contributed by atoms with Crippen LogP contribution in [-0.2, 0) is 4.74 Å². The summed E-state index contributed by atoms with van der Waals surface area (Å²) in [7, 11) is 3.19. The number of morpholine rings is 1. The largest absolute Gasteiger partial charge is 0.497 e. The summed E-state index contributed by atoms with van der Waals surface area (Å²) in [5, 5.41) is 9.39. The second kappa shape index (κ2) is 6.83. The summed E-state index contributed by atoms with van der Waals surface area (Å²) in [5.41, 5.74) is 1.34. The summed E-state index contributed by atoms with van der Waals surface area (Å²) < 4.78 is 15.8. The van der Waals surface area contributed by atoms with E-state index in [1.807, 2.05) is 18.3 Å². The first-order valence-corrected chi connectivity index (χ1v) is 6.44. The molecule has 0 aromatic heterocycles. The van der Waals surface area contributed by atoms with E-state index in [4.69, 9.17) is 14.2 Å². The number of hydrogen-bond acceptors (Lipinski definition) is 5. The third-order valence-corrected chi connectivity index (χ3v) is 3.18. The zero-order chi connectivity index (χ0) is 14.4. The minimum atomic E-state index is 0.575. The van der Waals surface area contributed by atoms with E-state index in [1.165, 1.54) is 0 Å². The van der Waals surface area contributed by atoms with Gasteiger partial charge in [-0.05, 0) is 12.1 Å². The van der Waals surface area contributed by atoms with Gasteiger partial charge in [0.15, 0.2) is 0 Å². The molecule has 0 atom stereocenters. The highest BCUT2D eigenvalue weighted by atomic mass is 16.5. The van der Waals surface area contributed by atoms with Crippen molar-refractivity contribution >= 4 is 5.57 Å². The van der Waals surface area contributed by atoms with Crippen LogP contribution in [0.4, 0.5) is 0 Å². The molecule has 1 saturated heterocycles. The number of ether oxygens (including phenoxy) is 3. The molecule has 1 aliphatic heterocycles. The molecule has 106 valence electrons. The van der Waals surface area contributed by atoms with Gasteiger partial charge in [-0.2, -0.15) is 5.26 Å². The molecule has 1 fully saturated rings. The number of methoxy groups -OCH3 is 2. The first kappa shape index (κ1) is 14.2. The highest BCUT2D eigenvalue weighted by molar-refractivity contribution is 5.80. The van der Waals surface area contributed by atoms with E-state index in [0.29, 0.717) is 30.3 Å². The topological polar surface area (TPSA) is 54.7 Å². The predicted octanol–water partition coefficient (Wildman–Crippen LogP) is 1.90. The van der Waals surface area contributed by atoms with Gasteiger partial charge in [0, 0.05) is 30.9 Å². The summed E-state index contributed by atoms with van der Waals surface area (Å²) in [6.45, 7) is 2.97. The van der Waals surface area contributed by atoms with Crippen LogP contribution in [0.5, 0.6) is 11.5 Å². The molecule has 2 rings (SSSR count). The third kappa shape index (κ3) is 3.22. The Kier molecular flexibility index (Phi) is 4.85. The van der Waals surface area contributed by atoms with Crippen LogP contribution in [-0.4, -0.2) is 45.4 Å². The standard InChI is InChI=1S/C15H18N2O3/c1-18-13-3-4-14(15(9-13)19-2)12(10-16)11-17-5-7-20-8-6-17/h3-4,9,11H,5-8H2,1-2H3. The Hall–Kier alpha value is -2.19. The van der Waals surface area contributed by atoms with Gasteiger partial charge >= 0.3 is 0 Å². The van der Waals surface area contributed by atoms with Crippen molar-refractivity contribution < 1.29 is 14.2 Å². The summed E-state index contributed by atoms with van der Waals surface area (Å²) in [6.07, 6.45) is 1.87. The fourth-order valence-electron chi connectivity index (χ4n) is 2.07. The molecule has 5 nitrogen and oxygen atoms in total. The van der Waals surface area contributed by atoms with Gasteiger partial charge < -0.3 is 19.1 Å². The molecule has 0 radical (unpaired) electrons. The van der Waals surface area contributed by atoms with Gasteiger partial charge in [-0.15, -0.1) is 0 Å². The van der Waals surface area contributed by atoms with Crippen molar-refractivity contribution in [1.82, 2.24) is 4.90 Å². The van der Waals surface area contributed by atoms with Crippen molar-refractivity contribution in [3.63, 3.8) is 0 Å². The van der Waals surface area contributed by atoms with Crippen molar-refractivity contribution in [3.8, 4) is 17.6 Å². The maximum Gasteiger partial charge on any atom is 0.131 e. The molecule has 1 heterocycles. The first-order chi connectivity index (χ1) is 9.78. The minimum Gasteiger partial charge on any atom is -0.497 e. The van der Waals surface area contributed by atoms with E-state index < -0.39 is 0 Å². The zero-order valence-corrected chi connectivity index (χ0v) is 11.8. The number of allylic oxidation sites excluding steroid dienone is 1. The van der Waals surface area contributed by atoms with Gasteiger partial charge in [0.2, 0.25) is 0 Å². The average molecular weight is 274 g/mol. The highest BCUT2D eigenvalue weighted by Crippen LogP contribution is 2.30. The quantitative estimate of drug-likeness (QED) is 0.785. The van der Waals surface area contributed by atoms with Crippen molar-refractivity contribution in [2.24, 2.45) is 0 Å². The van der Waals surface area contributed by atoms with Crippen LogP contribution in [0, 0.1) is 11.3 Å². The number of nitriles is 1. The van der Waals surface area contributed by atoms with E-state index in [2.05, 4.69) is 11.0 Å². The molecule has 1 aromatic carbocycles. The van der Waals surface area contributed by atoms with Crippen molar-refractivity contribution in [2.75, 3.05) is 40.5 Å². The second-order valence-electron chi connectivity index (χ2n) is 4.37. The average Bonchev–Trinajstić information content (AvgIpc) is 2.53. The Bertz CT molecular complexity index is 528. The van der Waals surface area contributed by atoms with Gasteiger partial charge in [-0.25, -0.2) is 0 Å². The summed E-state index contributed by atoms with van der Waals surface area (Å²) >= 11 is 0. The maximum atomic E-state index is 9.39. The second-order valence-corrected chi connectivity index (χ2v) is 4.37. The number of rotatable bonds is 4. The Labute approximate surface area is 119 Å². The lowest BCUT2D eigenvalue weighted by Gasteiger charge is -2.25. The van der Waals surface area contributed by atoms with E-state index in [9.17, 15) is 5.26 Å². The molecule has 5 heteroatoms. The summed E-state index contributed by atoms with van der Waals surface area (Å²) in [6, 6.07) is 7.68. The molecular weight excluding hydrogens is 256 g/mol. The fraction of sp³-hybridized carbons (Fsp3) is 0.400. The number of nitrogens with zero attached hydrogens (tertiary/aromatic N) is 2. The molecular formula is C15H18N2O3. The van der Waals surface area contributed by atoms with E-state index in [1.54, 1.807) is 20.3 Å².